The van der Waals surface area contributed by atoms with Crippen LogP contribution in [0.3, 0.4) is 0 Å². The molecule has 0 saturated heterocycles. The number of anilines is 3. The summed E-state index contributed by atoms with van der Waals surface area (Å²) in [6.45, 7) is 0. The van der Waals surface area contributed by atoms with Crippen LogP contribution < -0.4 is 9.64 Å². The smallest absolute Gasteiger partial charge is 0.235 e. The minimum absolute atomic E-state index is 0.627. The Morgan fingerprint density at radius 2 is 1.03 bits per heavy atom. The number of fused-ring (bicyclic) bond motifs is 8. The van der Waals surface area contributed by atoms with Crippen molar-refractivity contribution in [3.05, 3.63) is 206 Å². The number of benzene rings is 9. The molecule has 9 aromatic carbocycles. The molecule has 0 unspecified atom stereocenters. The summed E-state index contributed by atoms with van der Waals surface area (Å²) < 4.78 is 8.88. The first-order valence-corrected chi connectivity index (χ1v) is 19.9. The van der Waals surface area contributed by atoms with E-state index in [4.69, 9.17) is 14.7 Å². The van der Waals surface area contributed by atoms with Crippen molar-refractivity contribution in [3.8, 4) is 51.0 Å². The van der Waals surface area contributed by atoms with E-state index < -0.39 is 0 Å². The molecule has 12 rings (SSSR count). The Kier molecular flexibility index (Phi) is 7.47. The largest absolute Gasteiger partial charge is 0.453 e. The average molecular weight is 755 g/mol. The molecule has 3 heterocycles. The van der Waals surface area contributed by atoms with Crippen LogP contribution in [0.15, 0.2) is 206 Å². The van der Waals surface area contributed by atoms with Gasteiger partial charge in [-0.1, -0.05) is 152 Å². The van der Waals surface area contributed by atoms with Crippen LogP contribution in [0.25, 0.3) is 82.9 Å². The van der Waals surface area contributed by atoms with Gasteiger partial charge in [-0.05, 0) is 87.6 Å². The monoisotopic (exact) mass is 754 g/mol. The third-order valence-electron chi connectivity index (χ3n) is 11.6. The summed E-state index contributed by atoms with van der Waals surface area (Å²) >= 11 is 0. The maximum absolute atomic E-state index is 6.63. The van der Waals surface area contributed by atoms with Gasteiger partial charge in [0.15, 0.2) is 11.5 Å². The predicted octanol–water partition coefficient (Wildman–Crippen LogP) is 14.5. The van der Waals surface area contributed by atoms with Gasteiger partial charge in [-0.2, -0.15) is 0 Å². The highest BCUT2D eigenvalue weighted by Crippen LogP contribution is 2.51. The van der Waals surface area contributed by atoms with Gasteiger partial charge in [0.25, 0.3) is 0 Å². The summed E-state index contributed by atoms with van der Waals surface area (Å²) in [6, 6.07) is 72.5. The Labute approximate surface area is 340 Å². The van der Waals surface area contributed by atoms with Crippen molar-refractivity contribution in [2.75, 3.05) is 4.90 Å². The molecule has 0 spiro atoms. The molecule has 5 nitrogen and oxygen atoms in total. The molecular formula is C54H34N4O. The van der Waals surface area contributed by atoms with Crippen LogP contribution in [-0.4, -0.2) is 14.5 Å². The Hall–Kier alpha value is -8.02. The van der Waals surface area contributed by atoms with Gasteiger partial charge in [-0.25, -0.2) is 9.97 Å². The van der Waals surface area contributed by atoms with Gasteiger partial charge in [-0.3, -0.25) is 4.57 Å². The standard InChI is InChI=1S/C54H34N4O/c1-3-13-35(14-4-1)36-23-25-38(26-24-36)53-43-19-9-10-20-45(43)55-54(56-53)58-48-32-28-37-15-7-8-18-42(37)52(48)44-30-27-39(33-49(44)58)40-29-31-47-51(34-40)59-50-22-12-11-21-46(50)57(47)41-16-5-2-6-17-41/h1-34H. The average Bonchev–Trinajstić information content (AvgIpc) is 3.65. The summed E-state index contributed by atoms with van der Waals surface area (Å²) in [5, 5.41) is 5.72. The lowest BCUT2D eigenvalue weighted by Crippen LogP contribution is -2.15. The first kappa shape index (κ1) is 33.2. The van der Waals surface area contributed by atoms with Gasteiger partial charge in [-0.15, -0.1) is 0 Å². The normalized spacial score (nSPS) is 12.2. The minimum Gasteiger partial charge on any atom is -0.453 e. The first-order chi connectivity index (χ1) is 29.2. The summed E-state index contributed by atoms with van der Waals surface area (Å²) in [4.78, 5) is 13.0. The zero-order chi connectivity index (χ0) is 38.9. The van der Waals surface area contributed by atoms with Crippen LogP contribution in [0.1, 0.15) is 0 Å². The number of rotatable bonds is 5. The fourth-order valence-corrected chi connectivity index (χ4v) is 8.81. The van der Waals surface area contributed by atoms with Crippen LogP contribution >= 0.6 is 0 Å². The molecule has 0 radical (unpaired) electrons. The SMILES string of the molecule is c1ccc(-c2ccc(-c3nc(-n4c5cc(-c6ccc7c(c6)Oc6ccccc6N7c6ccccc6)ccc5c5c6ccccc6ccc54)nc4ccccc34)cc2)cc1. The van der Waals surface area contributed by atoms with Crippen molar-refractivity contribution < 1.29 is 4.74 Å². The lowest BCUT2D eigenvalue weighted by Gasteiger charge is -2.33. The van der Waals surface area contributed by atoms with E-state index in [1.54, 1.807) is 0 Å². The zero-order valence-electron chi connectivity index (χ0n) is 31.8. The molecule has 0 amide bonds. The molecule has 0 saturated carbocycles. The number of ether oxygens (including phenoxy) is 1. The van der Waals surface area contributed by atoms with Crippen molar-refractivity contribution in [1.82, 2.24) is 14.5 Å². The maximum atomic E-state index is 6.63. The number of aromatic nitrogens is 3. The summed E-state index contributed by atoms with van der Waals surface area (Å²) in [7, 11) is 0. The molecule has 5 heteroatoms. The molecule has 1 aliphatic rings. The number of hydrogen-bond acceptors (Lipinski definition) is 4. The summed E-state index contributed by atoms with van der Waals surface area (Å²) in [6.07, 6.45) is 0. The highest BCUT2D eigenvalue weighted by Gasteiger charge is 2.26. The van der Waals surface area contributed by atoms with E-state index in [9.17, 15) is 0 Å². The highest BCUT2D eigenvalue weighted by molar-refractivity contribution is 6.21. The fraction of sp³-hybridized carbons (Fsp3) is 0. The van der Waals surface area contributed by atoms with Crippen LogP contribution in [0, 0.1) is 0 Å². The van der Waals surface area contributed by atoms with E-state index in [1.165, 1.54) is 27.3 Å². The molecule has 0 fully saturated rings. The summed E-state index contributed by atoms with van der Waals surface area (Å²) in [5.41, 5.74) is 12.5. The van der Waals surface area contributed by atoms with Crippen molar-refractivity contribution in [2.24, 2.45) is 0 Å². The number of nitrogens with zero attached hydrogens (tertiary/aromatic N) is 4. The van der Waals surface area contributed by atoms with E-state index in [2.05, 4.69) is 185 Å². The first-order valence-electron chi connectivity index (χ1n) is 19.9. The van der Waals surface area contributed by atoms with Crippen LogP contribution in [0.4, 0.5) is 17.1 Å². The van der Waals surface area contributed by atoms with Gasteiger partial charge in [0.2, 0.25) is 5.95 Å². The molecule has 59 heavy (non-hydrogen) atoms. The van der Waals surface area contributed by atoms with Crippen LogP contribution in [0.2, 0.25) is 0 Å². The molecule has 11 aromatic rings. The summed E-state index contributed by atoms with van der Waals surface area (Å²) in [5.74, 6) is 2.25. The van der Waals surface area contributed by atoms with Gasteiger partial charge in [0.05, 0.1) is 33.6 Å². The molecule has 0 aliphatic carbocycles. The third-order valence-corrected chi connectivity index (χ3v) is 11.6. The quantitative estimate of drug-likeness (QED) is 0.175. The molecule has 276 valence electrons. The maximum Gasteiger partial charge on any atom is 0.235 e. The zero-order valence-corrected chi connectivity index (χ0v) is 31.8. The lowest BCUT2D eigenvalue weighted by molar-refractivity contribution is 0.477. The molecule has 0 atom stereocenters. The third kappa shape index (κ3) is 5.40. The van der Waals surface area contributed by atoms with Gasteiger partial charge in [0, 0.05) is 27.4 Å². The van der Waals surface area contributed by atoms with E-state index >= 15 is 0 Å². The van der Waals surface area contributed by atoms with Crippen molar-refractivity contribution >= 4 is 60.5 Å². The number of hydrogen-bond donors (Lipinski definition) is 0. The number of para-hydroxylation sites is 4. The molecule has 0 bridgehead atoms. The Bertz CT molecular complexity index is 3410. The second-order valence-corrected chi connectivity index (χ2v) is 15.0. The Morgan fingerprint density at radius 3 is 1.90 bits per heavy atom. The van der Waals surface area contributed by atoms with Crippen molar-refractivity contribution in [3.63, 3.8) is 0 Å². The van der Waals surface area contributed by atoms with Gasteiger partial charge >= 0.3 is 0 Å². The van der Waals surface area contributed by atoms with Crippen LogP contribution in [-0.2, 0) is 0 Å². The second kappa shape index (κ2) is 13.3. The van der Waals surface area contributed by atoms with Gasteiger partial charge in [0.1, 0.15) is 0 Å². The van der Waals surface area contributed by atoms with E-state index in [-0.39, 0.29) is 0 Å². The Balaban J connectivity index is 1.06. The second-order valence-electron chi connectivity index (χ2n) is 15.0. The molecular weight excluding hydrogens is 721 g/mol. The van der Waals surface area contributed by atoms with Crippen molar-refractivity contribution in [2.45, 2.75) is 0 Å². The molecule has 0 N–H and O–H groups in total. The van der Waals surface area contributed by atoms with E-state index in [0.717, 1.165) is 78.3 Å². The lowest BCUT2D eigenvalue weighted by atomic mass is 10.00. The van der Waals surface area contributed by atoms with E-state index in [0.29, 0.717) is 5.95 Å². The predicted molar refractivity (Wildman–Crippen MR) is 242 cm³/mol. The Morgan fingerprint density at radius 1 is 0.390 bits per heavy atom. The minimum atomic E-state index is 0.627. The van der Waals surface area contributed by atoms with Crippen LogP contribution in [0.5, 0.6) is 11.5 Å². The highest BCUT2D eigenvalue weighted by atomic mass is 16.5. The molecule has 2 aromatic heterocycles. The molecule has 1 aliphatic heterocycles. The van der Waals surface area contributed by atoms with Gasteiger partial charge < -0.3 is 9.64 Å². The van der Waals surface area contributed by atoms with E-state index in [1.807, 2.05) is 30.3 Å². The topological polar surface area (TPSA) is 43.2 Å². The van der Waals surface area contributed by atoms with Crippen molar-refractivity contribution in [1.29, 1.82) is 0 Å². The fourth-order valence-electron chi connectivity index (χ4n) is 8.81.